The lowest BCUT2D eigenvalue weighted by Crippen LogP contribution is -2.40. The monoisotopic (exact) mass is 1860 g/mol. The second-order valence-corrected chi connectivity index (χ2v) is 34.2. The molecule has 1 saturated heterocycles. The van der Waals surface area contributed by atoms with E-state index >= 15 is 0 Å². The lowest BCUT2D eigenvalue weighted by molar-refractivity contribution is -0.133. The first-order valence-corrected chi connectivity index (χ1v) is 44.6. The van der Waals surface area contributed by atoms with Gasteiger partial charge in [0.15, 0.2) is 52.5 Å². The number of piperidine rings is 1. The normalized spacial score (nSPS) is 14.4. The van der Waals surface area contributed by atoms with Gasteiger partial charge in [0.25, 0.3) is 5.19 Å². The van der Waals surface area contributed by atoms with Crippen LogP contribution < -0.4 is 4.74 Å². The predicted octanol–water partition coefficient (Wildman–Crippen LogP) is 17.3. The van der Waals surface area contributed by atoms with Gasteiger partial charge < -0.3 is 33.2 Å². The van der Waals surface area contributed by atoms with Gasteiger partial charge in [-0.25, -0.2) is 93.7 Å². The Bertz CT molecular complexity index is 6780. The smallest absolute Gasteiger partial charge is 0.273 e. The van der Waals surface area contributed by atoms with Crippen LogP contribution in [0.15, 0.2) is 234 Å². The van der Waals surface area contributed by atoms with Gasteiger partial charge in [0.05, 0.1) is 35.9 Å². The Morgan fingerprint density at radius 3 is 1.10 bits per heavy atom. The molecule has 1 fully saturated rings. The minimum atomic E-state index is -0.374. The van der Waals surface area contributed by atoms with Crippen molar-refractivity contribution in [2.24, 2.45) is 0 Å². The van der Waals surface area contributed by atoms with Crippen molar-refractivity contribution in [2.45, 2.75) is 90.4 Å². The summed E-state index contributed by atoms with van der Waals surface area (Å²) in [6.07, 6.45) is 12.5. The highest BCUT2D eigenvalue weighted by Gasteiger charge is 2.32. The first-order valence-electron chi connectivity index (χ1n) is 43.0. The standard InChI is InChI=1S/C25H23F2N5OS.C24H21F2N5O2S.C24H21F2N5O2.C24H19F2N5O2/c1-15-13-31(12-11-21-23(15)34-16(2)28-21)22(33)14-32-25(18-5-9-20(27)10-6-18)29-24(30-32)17-3-7-19(26)8-4-17;1-33-24-27-19-10-12-30(13-11-20(19)34-24)21(32)14-31-23(16-4-8-18(26)9-5-16)28-22(29-31)15-2-6-17(25)7-3-15;2*25-19-5-1-16(2-6-19)22-28-23(17-3-7-20(26)8-4-17)31(29-22)15-21(32)30-12-9-18(10-13-30)24-27-11-14-33-24/h3-10,15H,11-14H2,1-2H3;2-9H,10-14H2,1H3;1-8,11,14,18H,9-10,12-13,15H2;1-9,11,14H,10,12-13,15H2. The molecule has 0 radical (unpaired) electrons. The first-order chi connectivity index (χ1) is 65.0. The summed E-state index contributed by atoms with van der Waals surface area (Å²) in [6.45, 7) is 8.52. The summed E-state index contributed by atoms with van der Waals surface area (Å²) in [5.41, 5.74) is 8.03. The number of nitrogens with zero attached hydrogens (tertiary/aromatic N) is 20. The fraction of sp³-hybridized carbons (Fsp3) is 0.237. The highest BCUT2D eigenvalue weighted by molar-refractivity contribution is 7.13. The van der Waals surface area contributed by atoms with E-state index in [0.717, 1.165) is 46.1 Å². The molecule has 0 N–H and O–H groups in total. The number of ether oxygens (including phenoxy) is 1. The molecule has 0 saturated carbocycles. The van der Waals surface area contributed by atoms with E-state index in [9.17, 15) is 54.3 Å². The molecular weight excluding hydrogens is 1770 g/mol. The van der Waals surface area contributed by atoms with Crippen molar-refractivity contribution < 1.29 is 67.9 Å². The van der Waals surface area contributed by atoms with E-state index in [2.05, 4.69) is 67.2 Å². The molecule has 12 heterocycles. The molecule has 4 aliphatic heterocycles. The Hall–Kier alpha value is -15.1. The Morgan fingerprint density at radius 1 is 0.388 bits per heavy atom. The number of fused-ring (bicyclic) bond motifs is 2. The fourth-order valence-corrected chi connectivity index (χ4v) is 17.8. The maximum Gasteiger partial charge on any atom is 0.273 e. The number of rotatable bonds is 19. The number of methoxy groups -OCH3 is 1. The number of halogens is 8. The number of carbonyl (C=O) groups is 4. The fourth-order valence-electron chi connectivity index (χ4n) is 15.8. The van der Waals surface area contributed by atoms with Gasteiger partial charge in [-0.2, -0.15) is 0 Å². The van der Waals surface area contributed by atoms with Crippen molar-refractivity contribution in [3.8, 4) is 96.3 Å². The zero-order valence-corrected chi connectivity index (χ0v) is 74.0. The summed E-state index contributed by atoms with van der Waals surface area (Å²) in [5.74, 6) is 1.60. The molecular formula is C97H84F8N20O7S2. The Kier molecular flexibility index (Phi) is 27.9. The average molecular weight is 1860 g/mol. The van der Waals surface area contributed by atoms with E-state index in [1.54, 1.807) is 154 Å². The van der Waals surface area contributed by atoms with Crippen LogP contribution in [0.5, 0.6) is 5.19 Å². The number of aromatic nitrogens is 16. The zero-order valence-electron chi connectivity index (χ0n) is 72.4. The second-order valence-electron chi connectivity index (χ2n) is 31.9. The molecule has 134 heavy (non-hydrogen) atoms. The lowest BCUT2D eigenvalue weighted by Gasteiger charge is -2.30. The first kappa shape index (κ1) is 90.8. The Morgan fingerprint density at radius 2 is 0.731 bits per heavy atom. The molecule has 4 amide bonds. The number of hydrogen-bond donors (Lipinski definition) is 0. The second kappa shape index (κ2) is 41.1. The summed E-state index contributed by atoms with van der Waals surface area (Å²) >= 11 is 3.21. The third-order valence-electron chi connectivity index (χ3n) is 22.8. The van der Waals surface area contributed by atoms with Crippen LogP contribution in [-0.4, -0.2) is 182 Å². The number of oxazole rings is 2. The molecule has 20 rings (SSSR count). The summed E-state index contributed by atoms with van der Waals surface area (Å²) in [5, 5.41) is 19.8. The summed E-state index contributed by atoms with van der Waals surface area (Å²) in [7, 11) is 1.60. The van der Waals surface area contributed by atoms with Crippen molar-refractivity contribution in [3.63, 3.8) is 0 Å². The molecule has 1 atom stereocenters. The van der Waals surface area contributed by atoms with E-state index < -0.39 is 0 Å². The van der Waals surface area contributed by atoms with Crippen molar-refractivity contribution in [2.75, 3.05) is 59.5 Å². The molecule has 27 nitrogen and oxygen atoms in total. The van der Waals surface area contributed by atoms with Gasteiger partial charge in [0, 0.05) is 143 Å². The van der Waals surface area contributed by atoms with E-state index in [1.165, 1.54) is 134 Å². The molecule has 8 aromatic heterocycles. The molecule has 0 bridgehead atoms. The molecule has 0 aliphatic carbocycles. The topological polar surface area (TPSA) is 291 Å². The van der Waals surface area contributed by atoms with Crippen LogP contribution in [0, 0.1) is 53.5 Å². The van der Waals surface area contributed by atoms with Gasteiger partial charge >= 0.3 is 0 Å². The van der Waals surface area contributed by atoms with Crippen LogP contribution >= 0.6 is 22.7 Å². The van der Waals surface area contributed by atoms with E-state index in [-0.39, 0.29) is 108 Å². The number of likely N-dealkylation sites (tertiary alicyclic amines) is 1. The third kappa shape index (κ3) is 21.9. The molecule has 682 valence electrons. The van der Waals surface area contributed by atoms with Gasteiger partial charge in [0.1, 0.15) is 85.2 Å². The van der Waals surface area contributed by atoms with Crippen molar-refractivity contribution >= 4 is 51.9 Å². The van der Waals surface area contributed by atoms with Gasteiger partial charge in [-0.1, -0.05) is 24.3 Å². The summed E-state index contributed by atoms with van der Waals surface area (Å²) in [4.78, 5) is 98.1. The highest BCUT2D eigenvalue weighted by atomic mass is 32.1. The predicted molar refractivity (Wildman–Crippen MR) is 482 cm³/mol. The minimum Gasteiger partial charge on any atom is -0.473 e. The van der Waals surface area contributed by atoms with Crippen molar-refractivity contribution in [3.05, 3.63) is 310 Å². The quantitative estimate of drug-likeness (QED) is 0.0679. The maximum absolute atomic E-state index is 13.5. The van der Waals surface area contributed by atoms with Gasteiger partial charge in [-0.15, -0.1) is 31.7 Å². The van der Waals surface area contributed by atoms with E-state index in [1.807, 2.05) is 17.9 Å². The van der Waals surface area contributed by atoms with E-state index in [0.29, 0.717) is 180 Å². The number of benzene rings is 8. The van der Waals surface area contributed by atoms with Gasteiger partial charge in [-0.3, -0.25) is 19.2 Å². The van der Waals surface area contributed by atoms with Gasteiger partial charge in [0.2, 0.25) is 29.5 Å². The van der Waals surface area contributed by atoms with Crippen molar-refractivity contribution in [1.29, 1.82) is 0 Å². The molecule has 37 heteroatoms. The van der Waals surface area contributed by atoms with Crippen LogP contribution in [0.25, 0.3) is 96.7 Å². The zero-order chi connectivity index (χ0) is 93.0. The van der Waals surface area contributed by atoms with Crippen LogP contribution in [0.3, 0.4) is 0 Å². The Labute approximate surface area is 769 Å². The molecule has 0 spiro atoms. The average Bonchev–Trinajstić information content (AvgIpc) is 1.67. The largest absolute Gasteiger partial charge is 0.473 e. The molecule has 8 aromatic carbocycles. The van der Waals surface area contributed by atoms with Crippen LogP contribution in [0.4, 0.5) is 35.1 Å². The molecule has 4 aliphatic rings. The minimum absolute atomic E-state index is 0.00622. The van der Waals surface area contributed by atoms with Crippen LogP contribution in [0.2, 0.25) is 0 Å². The van der Waals surface area contributed by atoms with Gasteiger partial charge in [-0.05, 0) is 220 Å². The summed E-state index contributed by atoms with van der Waals surface area (Å²) < 4.78 is 129. The van der Waals surface area contributed by atoms with Crippen LogP contribution in [0.1, 0.15) is 76.0 Å². The highest BCUT2D eigenvalue weighted by Crippen LogP contribution is 2.36. The number of hydrogen-bond acceptors (Lipinski definition) is 21. The summed E-state index contributed by atoms with van der Waals surface area (Å²) in [6, 6.07) is 46.8. The SMILES string of the molecule is COc1nc2c(s1)CCN(C(=O)Cn1nc(-c3ccc(F)cc3)nc1-c1ccc(F)cc1)CC2.Cc1nc2c(s1)C(C)CN(C(=O)Cn1nc(-c3ccc(F)cc3)nc1-c1ccc(F)cc1)CC2.O=C(Cn1nc(-c2ccc(F)cc2)nc1-c1ccc(F)cc1)N1CC=C(c2ncco2)CC1.O=C(Cn1nc(-c2ccc(F)cc2)nc1-c1ccc(F)cc1)N1CCC(c2ncco2)CC1. The number of thiazole rings is 2. The molecule has 1 unspecified atom stereocenters. The molecule has 16 aromatic rings. The number of aryl methyl sites for hydroxylation is 1. The number of amides is 4. The number of carbonyl (C=O) groups excluding carboxylic acids is 4. The van der Waals surface area contributed by atoms with Crippen molar-refractivity contribution in [1.82, 2.24) is 98.6 Å². The third-order valence-corrected chi connectivity index (χ3v) is 25.2. The van der Waals surface area contributed by atoms with Crippen LogP contribution in [-0.2, 0) is 64.6 Å². The maximum atomic E-state index is 13.5. The lowest BCUT2D eigenvalue weighted by atomic mass is 9.97. The van der Waals surface area contributed by atoms with E-state index in [4.69, 9.17) is 13.6 Å². The Balaban J connectivity index is 0.000000124.